The first-order valence-corrected chi connectivity index (χ1v) is 7.29. The van der Waals surface area contributed by atoms with Crippen LogP contribution < -0.4 is 5.32 Å². The summed E-state index contributed by atoms with van der Waals surface area (Å²) in [6.07, 6.45) is 2.56. The Balaban J connectivity index is 1.83. The van der Waals surface area contributed by atoms with Crippen molar-refractivity contribution in [1.29, 1.82) is 0 Å². The molecule has 0 bridgehead atoms. The van der Waals surface area contributed by atoms with Crippen LogP contribution in [-0.4, -0.2) is 6.04 Å². The fraction of sp³-hybridized carbons (Fsp3) is 0.294. The van der Waals surface area contributed by atoms with Gasteiger partial charge in [-0.25, -0.2) is 4.39 Å². The van der Waals surface area contributed by atoms with Crippen molar-refractivity contribution in [3.05, 3.63) is 58.4 Å². The van der Waals surface area contributed by atoms with Gasteiger partial charge in [-0.2, -0.15) is 0 Å². The summed E-state index contributed by atoms with van der Waals surface area (Å²) >= 11 is 6.37. The number of halogens is 2. The predicted molar refractivity (Wildman–Crippen MR) is 81.4 cm³/mol. The highest BCUT2D eigenvalue weighted by Crippen LogP contribution is 2.30. The van der Waals surface area contributed by atoms with E-state index in [2.05, 4.69) is 11.4 Å². The largest absolute Gasteiger partial charge is 0.310 e. The molecular formula is C17H17ClFN. The molecule has 3 rings (SSSR count). The maximum Gasteiger partial charge on any atom is 0.126 e. The minimum absolute atomic E-state index is 0.185. The van der Waals surface area contributed by atoms with Gasteiger partial charge in [0.25, 0.3) is 0 Å². The number of rotatable bonds is 4. The molecule has 1 fully saturated rings. The predicted octanol–water partition coefficient (Wildman–Crippen LogP) is 4.71. The van der Waals surface area contributed by atoms with Crippen molar-refractivity contribution in [1.82, 2.24) is 5.32 Å². The topological polar surface area (TPSA) is 12.0 Å². The first-order valence-electron chi connectivity index (χ1n) is 6.92. The van der Waals surface area contributed by atoms with Crippen molar-refractivity contribution in [3.63, 3.8) is 0 Å². The van der Waals surface area contributed by atoms with Crippen molar-refractivity contribution < 1.29 is 4.39 Å². The molecule has 3 heteroatoms. The van der Waals surface area contributed by atoms with Crippen molar-refractivity contribution in [3.8, 4) is 11.1 Å². The third-order valence-corrected chi connectivity index (χ3v) is 3.99. The quantitative estimate of drug-likeness (QED) is 0.860. The van der Waals surface area contributed by atoms with Crippen LogP contribution >= 0.6 is 11.6 Å². The van der Waals surface area contributed by atoms with Crippen LogP contribution in [0.1, 0.15) is 24.0 Å². The van der Waals surface area contributed by atoms with Crippen LogP contribution in [0.2, 0.25) is 5.02 Å². The van der Waals surface area contributed by atoms with Crippen LogP contribution in [0.3, 0.4) is 0 Å². The molecule has 0 amide bonds. The summed E-state index contributed by atoms with van der Waals surface area (Å²) in [7, 11) is 0. The molecule has 0 radical (unpaired) electrons. The lowest BCUT2D eigenvalue weighted by Gasteiger charge is -2.09. The highest BCUT2D eigenvalue weighted by atomic mass is 35.5. The van der Waals surface area contributed by atoms with Gasteiger partial charge in [0, 0.05) is 23.2 Å². The Bertz CT molecular complexity index is 635. The van der Waals surface area contributed by atoms with E-state index in [0.29, 0.717) is 16.6 Å². The molecule has 1 saturated carbocycles. The van der Waals surface area contributed by atoms with Gasteiger partial charge in [-0.1, -0.05) is 29.8 Å². The summed E-state index contributed by atoms with van der Waals surface area (Å²) in [6.45, 7) is 2.62. The molecule has 0 heterocycles. The summed E-state index contributed by atoms with van der Waals surface area (Å²) < 4.78 is 13.3. The number of hydrogen-bond acceptors (Lipinski definition) is 1. The van der Waals surface area contributed by atoms with Gasteiger partial charge in [0.05, 0.1) is 0 Å². The van der Waals surface area contributed by atoms with Crippen LogP contribution in [0.4, 0.5) is 4.39 Å². The normalized spacial score (nSPS) is 14.6. The van der Waals surface area contributed by atoms with E-state index in [1.165, 1.54) is 24.5 Å². The van der Waals surface area contributed by atoms with Gasteiger partial charge in [0.2, 0.25) is 0 Å². The molecule has 1 nitrogen and oxygen atoms in total. The van der Waals surface area contributed by atoms with E-state index < -0.39 is 0 Å². The lowest BCUT2D eigenvalue weighted by Crippen LogP contribution is -2.15. The van der Waals surface area contributed by atoms with Crippen molar-refractivity contribution in [2.45, 2.75) is 32.4 Å². The van der Waals surface area contributed by atoms with E-state index in [-0.39, 0.29) is 5.82 Å². The molecule has 1 aliphatic rings. The lowest BCUT2D eigenvalue weighted by atomic mass is 10.0. The minimum atomic E-state index is -0.185. The van der Waals surface area contributed by atoms with Crippen molar-refractivity contribution in [2.75, 3.05) is 0 Å². The zero-order chi connectivity index (χ0) is 14.1. The summed E-state index contributed by atoms with van der Waals surface area (Å²) in [5.41, 5.74) is 3.73. The number of nitrogens with one attached hydrogen (secondary N) is 1. The first kappa shape index (κ1) is 13.6. The Morgan fingerprint density at radius 3 is 2.65 bits per heavy atom. The molecule has 2 aromatic carbocycles. The summed E-state index contributed by atoms with van der Waals surface area (Å²) in [5.74, 6) is -0.185. The molecule has 0 aliphatic heterocycles. The van der Waals surface area contributed by atoms with E-state index in [0.717, 1.165) is 17.7 Å². The highest BCUT2D eigenvalue weighted by Gasteiger charge is 2.20. The molecule has 0 saturated heterocycles. The third-order valence-electron chi connectivity index (χ3n) is 3.67. The average molecular weight is 290 g/mol. The Hall–Kier alpha value is -1.38. The second-order valence-electron chi connectivity index (χ2n) is 5.43. The van der Waals surface area contributed by atoms with Crippen LogP contribution in [-0.2, 0) is 6.54 Å². The highest BCUT2D eigenvalue weighted by molar-refractivity contribution is 6.33. The third kappa shape index (κ3) is 3.02. The molecule has 0 unspecified atom stereocenters. The van der Waals surface area contributed by atoms with Crippen LogP contribution in [0.15, 0.2) is 36.4 Å². The van der Waals surface area contributed by atoms with Crippen LogP contribution in [0.25, 0.3) is 11.1 Å². The van der Waals surface area contributed by atoms with E-state index in [4.69, 9.17) is 11.6 Å². The zero-order valence-electron chi connectivity index (χ0n) is 11.4. The number of benzene rings is 2. The molecule has 1 N–H and O–H groups in total. The minimum Gasteiger partial charge on any atom is -0.310 e. The fourth-order valence-corrected chi connectivity index (χ4v) is 2.58. The molecule has 104 valence electrons. The molecule has 0 spiro atoms. The summed E-state index contributed by atoms with van der Waals surface area (Å²) in [5, 5.41) is 4.18. The second-order valence-corrected chi connectivity index (χ2v) is 5.84. The second kappa shape index (κ2) is 5.55. The van der Waals surface area contributed by atoms with Gasteiger partial charge >= 0.3 is 0 Å². The Morgan fingerprint density at radius 2 is 2.00 bits per heavy atom. The fourth-order valence-electron chi connectivity index (χ4n) is 2.26. The van der Waals surface area contributed by atoms with Gasteiger partial charge in [0.1, 0.15) is 5.82 Å². The maximum absolute atomic E-state index is 13.3. The van der Waals surface area contributed by atoms with Gasteiger partial charge in [-0.15, -0.1) is 0 Å². The van der Waals surface area contributed by atoms with E-state index in [1.54, 1.807) is 13.0 Å². The molecule has 0 atom stereocenters. The molecule has 0 aromatic heterocycles. The standard InChI is InChI=1S/C17H17ClFN/c1-11-8-13(3-7-17(11)19)15-6-2-12(9-16(15)18)10-20-14-4-5-14/h2-3,6-9,14,20H,4-5,10H2,1H3. The summed E-state index contributed by atoms with van der Waals surface area (Å²) in [6, 6.07) is 11.9. The molecule has 1 aliphatic carbocycles. The zero-order valence-corrected chi connectivity index (χ0v) is 12.2. The van der Waals surface area contributed by atoms with Gasteiger partial charge < -0.3 is 5.32 Å². The van der Waals surface area contributed by atoms with E-state index >= 15 is 0 Å². The Labute approximate surface area is 123 Å². The Kier molecular flexibility index (Phi) is 3.77. The van der Waals surface area contributed by atoms with Crippen LogP contribution in [0, 0.1) is 12.7 Å². The van der Waals surface area contributed by atoms with Crippen LogP contribution in [0.5, 0.6) is 0 Å². The molecule has 20 heavy (non-hydrogen) atoms. The average Bonchev–Trinajstić information content (AvgIpc) is 3.24. The Morgan fingerprint density at radius 1 is 1.20 bits per heavy atom. The maximum atomic E-state index is 13.3. The van der Waals surface area contributed by atoms with Gasteiger partial charge in [-0.3, -0.25) is 0 Å². The van der Waals surface area contributed by atoms with Gasteiger partial charge in [-0.05, 0) is 54.7 Å². The SMILES string of the molecule is Cc1cc(-c2ccc(CNC3CC3)cc2Cl)ccc1F. The monoisotopic (exact) mass is 289 g/mol. The molecular weight excluding hydrogens is 273 g/mol. The molecule has 2 aromatic rings. The smallest absolute Gasteiger partial charge is 0.126 e. The van der Waals surface area contributed by atoms with E-state index in [1.807, 2.05) is 18.2 Å². The number of aryl methyl sites for hydroxylation is 1. The first-order chi connectivity index (χ1) is 9.63. The summed E-state index contributed by atoms with van der Waals surface area (Å²) in [4.78, 5) is 0. The van der Waals surface area contributed by atoms with Crippen molar-refractivity contribution >= 4 is 11.6 Å². The van der Waals surface area contributed by atoms with Gasteiger partial charge in [0.15, 0.2) is 0 Å². The number of hydrogen-bond donors (Lipinski definition) is 1. The lowest BCUT2D eigenvalue weighted by molar-refractivity contribution is 0.619. The van der Waals surface area contributed by atoms with E-state index in [9.17, 15) is 4.39 Å². The van der Waals surface area contributed by atoms with Crippen molar-refractivity contribution in [2.24, 2.45) is 0 Å².